The second kappa shape index (κ2) is 11.1. The minimum absolute atomic E-state index is 0.0106. The van der Waals surface area contributed by atoms with E-state index in [0.29, 0.717) is 42.9 Å². The molecule has 34 heavy (non-hydrogen) atoms. The molecule has 0 bridgehead atoms. The molecule has 0 radical (unpaired) electrons. The monoisotopic (exact) mass is 473 g/mol. The van der Waals surface area contributed by atoms with Gasteiger partial charge in [-0.25, -0.2) is 23.0 Å². The van der Waals surface area contributed by atoms with Crippen LogP contribution in [0.1, 0.15) is 24.0 Å². The molecular weight excluding hydrogens is 451 g/mol. The third-order valence-corrected chi connectivity index (χ3v) is 4.75. The fourth-order valence-electron chi connectivity index (χ4n) is 3.04. The number of carbonyl (C=O) groups is 2. The molecule has 178 valence electrons. The van der Waals surface area contributed by atoms with Crippen molar-refractivity contribution in [3.05, 3.63) is 83.5 Å². The summed E-state index contributed by atoms with van der Waals surface area (Å²) in [5, 5.41) is 19.0. The van der Waals surface area contributed by atoms with Crippen LogP contribution >= 0.6 is 0 Å². The number of rotatable bonds is 8. The van der Waals surface area contributed by atoms with Gasteiger partial charge in [0.15, 0.2) is 11.6 Å². The smallest absolute Gasteiger partial charge is 0.326 e. The summed E-state index contributed by atoms with van der Waals surface area (Å²) < 4.78 is 40.0. The highest BCUT2D eigenvalue weighted by Gasteiger charge is 2.17. The van der Waals surface area contributed by atoms with Gasteiger partial charge >= 0.3 is 12.0 Å². The van der Waals surface area contributed by atoms with E-state index in [1.807, 2.05) is 24.3 Å². The summed E-state index contributed by atoms with van der Waals surface area (Å²) in [6.45, 7) is 5.11. The van der Waals surface area contributed by atoms with E-state index in [9.17, 15) is 22.8 Å². The molecule has 0 spiro atoms. The maximum atomic E-state index is 13.7. The Kier molecular flexibility index (Phi) is 8.04. The van der Waals surface area contributed by atoms with Gasteiger partial charge in [-0.1, -0.05) is 30.8 Å². The molecule has 1 heterocycles. The number of carboxylic acid groups (broad SMARTS) is 1. The molecule has 3 rings (SSSR count). The zero-order valence-electron chi connectivity index (χ0n) is 17.9. The molecular formula is C23H22F3N5O3. The first-order chi connectivity index (χ1) is 16.2. The van der Waals surface area contributed by atoms with Crippen molar-refractivity contribution in [3.63, 3.8) is 0 Å². The van der Waals surface area contributed by atoms with Gasteiger partial charge in [0.2, 0.25) is 5.96 Å². The standard InChI is InChI=1S/C23H22F3N5O3/c1-13-16(15-6-4-14(5-7-15)11-27-8-2-3-21(32)33)12-28-22(29-13)31-23(34)30-20-10-18(25)17(24)9-19(20)26/h4-7,9-10,12,27H,1-3,8,11H2,(H,32,33)(H3,28,29,30,31,34). The number of nitrogens with zero attached hydrogens (tertiary/aromatic N) is 1. The predicted octanol–water partition coefficient (Wildman–Crippen LogP) is 3.69. The lowest BCUT2D eigenvalue weighted by Gasteiger charge is -2.19. The number of carbonyl (C=O) groups excluding carboxylic acids is 1. The van der Waals surface area contributed by atoms with E-state index in [-0.39, 0.29) is 12.4 Å². The summed E-state index contributed by atoms with van der Waals surface area (Å²) in [6.07, 6.45) is 2.16. The van der Waals surface area contributed by atoms with E-state index < -0.39 is 35.1 Å². The van der Waals surface area contributed by atoms with Gasteiger partial charge in [0.1, 0.15) is 5.82 Å². The molecule has 0 aromatic heterocycles. The summed E-state index contributed by atoms with van der Waals surface area (Å²) >= 11 is 0. The van der Waals surface area contributed by atoms with Gasteiger partial charge in [-0.05, 0) is 24.1 Å². The number of aliphatic carboxylic acids is 1. The number of anilines is 1. The molecule has 2 aromatic rings. The number of benzene rings is 2. The number of aliphatic imine (C=N–C) groups is 1. The Bertz CT molecular complexity index is 1160. The van der Waals surface area contributed by atoms with Crippen LogP contribution in [0.4, 0.5) is 23.7 Å². The number of halogens is 3. The van der Waals surface area contributed by atoms with E-state index in [1.54, 1.807) is 0 Å². The first-order valence-electron chi connectivity index (χ1n) is 10.2. The van der Waals surface area contributed by atoms with E-state index in [2.05, 4.69) is 32.8 Å². The lowest BCUT2D eigenvalue weighted by molar-refractivity contribution is -0.137. The number of amides is 2. The van der Waals surface area contributed by atoms with Gasteiger partial charge in [0, 0.05) is 42.6 Å². The summed E-state index contributed by atoms with van der Waals surface area (Å²) in [5.41, 5.74) is 2.44. The summed E-state index contributed by atoms with van der Waals surface area (Å²) in [6, 6.07) is 7.52. The number of carboxylic acids is 1. The van der Waals surface area contributed by atoms with Crippen molar-refractivity contribution in [2.24, 2.45) is 4.99 Å². The molecule has 0 aliphatic carbocycles. The Balaban J connectivity index is 1.57. The second-order valence-corrected chi connectivity index (χ2v) is 7.32. The maximum Gasteiger partial charge on any atom is 0.326 e. The van der Waals surface area contributed by atoms with Crippen LogP contribution in [0.5, 0.6) is 0 Å². The fourth-order valence-corrected chi connectivity index (χ4v) is 3.04. The van der Waals surface area contributed by atoms with Crippen LogP contribution < -0.4 is 21.3 Å². The molecule has 5 N–H and O–H groups in total. The molecule has 2 amide bonds. The van der Waals surface area contributed by atoms with Crippen molar-refractivity contribution in [1.29, 1.82) is 0 Å². The maximum absolute atomic E-state index is 13.7. The van der Waals surface area contributed by atoms with Crippen molar-refractivity contribution >= 4 is 29.2 Å². The highest BCUT2D eigenvalue weighted by molar-refractivity contribution is 6.05. The average Bonchev–Trinajstić information content (AvgIpc) is 2.78. The molecule has 2 aromatic carbocycles. The molecule has 0 saturated carbocycles. The van der Waals surface area contributed by atoms with Crippen molar-refractivity contribution in [1.82, 2.24) is 16.0 Å². The highest BCUT2D eigenvalue weighted by atomic mass is 19.2. The van der Waals surface area contributed by atoms with Crippen LogP contribution in [0.2, 0.25) is 0 Å². The van der Waals surface area contributed by atoms with Gasteiger partial charge in [0.05, 0.1) is 5.69 Å². The summed E-state index contributed by atoms with van der Waals surface area (Å²) in [4.78, 5) is 26.7. The number of hydrogen-bond acceptors (Lipinski definition) is 5. The minimum Gasteiger partial charge on any atom is -0.481 e. The summed E-state index contributed by atoms with van der Waals surface area (Å²) in [5.74, 6) is -4.60. The second-order valence-electron chi connectivity index (χ2n) is 7.32. The van der Waals surface area contributed by atoms with Crippen LogP contribution in [-0.4, -0.2) is 29.6 Å². The predicted molar refractivity (Wildman–Crippen MR) is 121 cm³/mol. The number of allylic oxidation sites excluding steroid dienone is 1. The van der Waals surface area contributed by atoms with Crippen LogP contribution in [0.25, 0.3) is 5.57 Å². The van der Waals surface area contributed by atoms with Gasteiger partial charge in [-0.2, -0.15) is 0 Å². The Morgan fingerprint density at radius 3 is 2.41 bits per heavy atom. The molecule has 11 heteroatoms. The van der Waals surface area contributed by atoms with Gasteiger partial charge < -0.3 is 21.1 Å². The lowest BCUT2D eigenvalue weighted by Crippen LogP contribution is -2.43. The largest absolute Gasteiger partial charge is 0.481 e. The fraction of sp³-hybridized carbons (Fsp3) is 0.174. The zero-order valence-corrected chi connectivity index (χ0v) is 17.9. The first-order valence-corrected chi connectivity index (χ1v) is 10.2. The molecule has 1 aliphatic heterocycles. The normalized spacial score (nSPS) is 13.0. The molecule has 1 aliphatic rings. The van der Waals surface area contributed by atoms with Crippen LogP contribution in [-0.2, 0) is 11.3 Å². The third-order valence-electron chi connectivity index (χ3n) is 4.75. The molecule has 0 atom stereocenters. The number of hydrogen-bond donors (Lipinski definition) is 5. The Morgan fingerprint density at radius 2 is 1.74 bits per heavy atom. The van der Waals surface area contributed by atoms with Gasteiger partial charge in [-0.15, -0.1) is 0 Å². The van der Waals surface area contributed by atoms with Crippen molar-refractivity contribution in [2.75, 3.05) is 11.9 Å². The molecule has 8 nitrogen and oxygen atoms in total. The third kappa shape index (κ3) is 6.69. The topological polar surface area (TPSA) is 115 Å². The number of nitrogens with one attached hydrogen (secondary N) is 4. The van der Waals surface area contributed by atoms with Crippen molar-refractivity contribution < 1.29 is 27.9 Å². The van der Waals surface area contributed by atoms with Crippen LogP contribution in [0.3, 0.4) is 0 Å². The molecule has 0 saturated heterocycles. The van der Waals surface area contributed by atoms with Gasteiger partial charge in [-0.3, -0.25) is 10.1 Å². The molecule has 0 fully saturated rings. The lowest BCUT2D eigenvalue weighted by atomic mass is 10.0. The van der Waals surface area contributed by atoms with E-state index >= 15 is 0 Å². The Labute approximate surface area is 193 Å². The Morgan fingerprint density at radius 1 is 1.03 bits per heavy atom. The van der Waals surface area contributed by atoms with Crippen LogP contribution in [0, 0.1) is 17.5 Å². The van der Waals surface area contributed by atoms with E-state index in [0.717, 1.165) is 11.1 Å². The number of guanidine groups is 1. The first kappa shape index (κ1) is 24.5. The minimum atomic E-state index is -1.37. The highest BCUT2D eigenvalue weighted by Crippen LogP contribution is 2.23. The van der Waals surface area contributed by atoms with E-state index in [1.165, 1.54) is 6.20 Å². The van der Waals surface area contributed by atoms with Crippen LogP contribution in [0.15, 0.2) is 59.9 Å². The number of urea groups is 1. The van der Waals surface area contributed by atoms with Gasteiger partial charge in [0.25, 0.3) is 0 Å². The summed E-state index contributed by atoms with van der Waals surface area (Å²) in [7, 11) is 0. The molecule has 0 unspecified atom stereocenters. The Hall–Kier alpha value is -4.12. The van der Waals surface area contributed by atoms with E-state index in [4.69, 9.17) is 5.11 Å². The quantitative estimate of drug-likeness (QED) is 0.296. The van der Waals surface area contributed by atoms with Crippen molar-refractivity contribution in [3.8, 4) is 0 Å². The average molecular weight is 473 g/mol. The zero-order chi connectivity index (χ0) is 24.7. The SMILES string of the molecule is C=C1NC(NC(=O)Nc2cc(F)c(F)cc2F)=NC=C1c1ccc(CNCCCC(=O)O)cc1. The van der Waals surface area contributed by atoms with Crippen molar-refractivity contribution in [2.45, 2.75) is 19.4 Å².